The van der Waals surface area contributed by atoms with Crippen LogP contribution in [0.4, 0.5) is 5.95 Å². The van der Waals surface area contributed by atoms with Crippen molar-refractivity contribution in [3.05, 3.63) is 59.0 Å². The van der Waals surface area contributed by atoms with Crippen molar-refractivity contribution < 1.29 is 4.74 Å². The molecule has 3 aliphatic rings. The molecule has 1 aromatic carbocycles. The van der Waals surface area contributed by atoms with Crippen molar-refractivity contribution in [1.29, 1.82) is 0 Å². The number of aliphatic imine (C=N–C) groups is 2. The van der Waals surface area contributed by atoms with Gasteiger partial charge in [-0.2, -0.15) is 0 Å². The Balaban J connectivity index is 1.49. The first kappa shape index (κ1) is 21.7. The number of ether oxygens (including phenoxy) is 1. The lowest BCUT2D eigenvalue weighted by Gasteiger charge is -2.34. The number of anilines is 1. The average Bonchev–Trinajstić information content (AvgIpc) is 3.27. The molecule has 2 aliphatic heterocycles. The van der Waals surface area contributed by atoms with E-state index in [4.69, 9.17) is 20.5 Å². The Morgan fingerprint density at radius 1 is 1.15 bits per heavy atom. The third kappa shape index (κ3) is 4.54. The summed E-state index contributed by atoms with van der Waals surface area (Å²) in [6.45, 7) is 7.48. The van der Waals surface area contributed by atoms with Gasteiger partial charge in [-0.1, -0.05) is 24.3 Å². The molecule has 2 unspecified atom stereocenters. The average molecular weight is 446 g/mol. The van der Waals surface area contributed by atoms with Crippen molar-refractivity contribution in [1.82, 2.24) is 19.8 Å². The summed E-state index contributed by atoms with van der Waals surface area (Å²) in [5.41, 5.74) is 11.4. The van der Waals surface area contributed by atoms with Crippen LogP contribution in [-0.2, 0) is 17.6 Å². The van der Waals surface area contributed by atoms with Gasteiger partial charge in [-0.25, -0.2) is 20.0 Å². The number of hydrogen-bond acceptors (Lipinski definition) is 7. The number of nitrogens with zero attached hydrogens (tertiary/aromatic N) is 6. The maximum Gasteiger partial charge on any atom is 0.219 e. The summed E-state index contributed by atoms with van der Waals surface area (Å²) < 4.78 is 5.54. The fourth-order valence-corrected chi connectivity index (χ4v) is 4.81. The van der Waals surface area contributed by atoms with Crippen molar-refractivity contribution in [2.75, 3.05) is 32.0 Å². The number of aromatic nitrogens is 2. The SMILES string of the molecule is C/C(=C1/N=CN(C2CCc3ccccc3C2)C1=NC(C)N1CCOCC1)c1cnc(N)nc1. The quantitative estimate of drug-likeness (QED) is 0.778. The Morgan fingerprint density at radius 2 is 1.88 bits per heavy atom. The van der Waals surface area contributed by atoms with E-state index < -0.39 is 0 Å². The summed E-state index contributed by atoms with van der Waals surface area (Å²) >= 11 is 0. The summed E-state index contributed by atoms with van der Waals surface area (Å²) in [4.78, 5) is 23.1. The number of morpholine rings is 1. The first-order chi connectivity index (χ1) is 16.1. The van der Waals surface area contributed by atoms with Crippen molar-refractivity contribution in [3.63, 3.8) is 0 Å². The van der Waals surface area contributed by atoms with Crippen LogP contribution < -0.4 is 5.73 Å². The second-order valence-electron chi connectivity index (χ2n) is 8.85. The molecule has 2 N–H and O–H groups in total. The zero-order valence-corrected chi connectivity index (χ0v) is 19.3. The number of nitrogen functional groups attached to an aromatic ring is 1. The maximum atomic E-state index is 5.70. The molecule has 8 heteroatoms. The highest BCUT2D eigenvalue weighted by atomic mass is 16.5. The number of hydrogen-bond donors (Lipinski definition) is 1. The van der Waals surface area contributed by atoms with Gasteiger partial charge in [0, 0.05) is 37.1 Å². The molecule has 5 rings (SSSR count). The predicted molar refractivity (Wildman–Crippen MR) is 131 cm³/mol. The van der Waals surface area contributed by atoms with E-state index in [1.165, 1.54) is 11.1 Å². The normalized spacial score (nSPS) is 24.7. The van der Waals surface area contributed by atoms with E-state index in [1.807, 2.05) is 6.34 Å². The number of amidine groups is 1. The van der Waals surface area contributed by atoms with Gasteiger partial charge >= 0.3 is 0 Å². The van der Waals surface area contributed by atoms with E-state index in [0.29, 0.717) is 6.04 Å². The summed E-state index contributed by atoms with van der Waals surface area (Å²) in [5, 5.41) is 0. The molecule has 0 radical (unpaired) electrons. The molecule has 33 heavy (non-hydrogen) atoms. The van der Waals surface area contributed by atoms with E-state index in [1.54, 1.807) is 12.4 Å². The Labute approximate surface area is 194 Å². The fraction of sp³-hybridized carbons (Fsp3) is 0.440. The molecule has 0 bridgehead atoms. The van der Waals surface area contributed by atoms with Gasteiger partial charge in [-0.3, -0.25) is 4.90 Å². The Morgan fingerprint density at radius 3 is 2.64 bits per heavy atom. The molecule has 0 spiro atoms. The van der Waals surface area contributed by atoms with Gasteiger partial charge in [-0.05, 0) is 49.8 Å². The molecule has 0 amide bonds. The molecular formula is C25H31N7O. The van der Waals surface area contributed by atoms with Crippen molar-refractivity contribution >= 4 is 23.7 Å². The predicted octanol–water partition coefficient (Wildman–Crippen LogP) is 2.77. The molecule has 1 aliphatic carbocycles. The van der Waals surface area contributed by atoms with Gasteiger partial charge in [0.25, 0.3) is 0 Å². The zero-order valence-electron chi connectivity index (χ0n) is 19.3. The third-order valence-electron chi connectivity index (χ3n) is 6.83. The van der Waals surface area contributed by atoms with Crippen LogP contribution in [-0.4, -0.2) is 70.5 Å². The maximum absolute atomic E-state index is 5.70. The van der Waals surface area contributed by atoms with E-state index in [-0.39, 0.29) is 12.1 Å². The lowest BCUT2D eigenvalue weighted by Crippen LogP contribution is -2.44. The Kier molecular flexibility index (Phi) is 6.20. The number of allylic oxidation sites excluding steroid dienone is 1. The highest BCUT2D eigenvalue weighted by Gasteiger charge is 2.32. The van der Waals surface area contributed by atoms with E-state index in [9.17, 15) is 0 Å². The molecule has 3 heterocycles. The largest absolute Gasteiger partial charge is 0.379 e. The summed E-state index contributed by atoms with van der Waals surface area (Å²) in [6.07, 6.45) is 8.64. The van der Waals surface area contributed by atoms with Crippen LogP contribution in [0.25, 0.3) is 5.57 Å². The van der Waals surface area contributed by atoms with Gasteiger partial charge in [-0.15, -0.1) is 0 Å². The minimum atomic E-state index is 0.0365. The van der Waals surface area contributed by atoms with E-state index in [0.717, 1.165) is 68.2 Å². The highest BCUT2D eigenvalue weighted by molar-refractivity contribution is 6.13. The van der Waals surface area contributed by atoms with Gasteiger partial charge in [0.2, 0.25) is 5.95 Å². The van der Waals surface area contributed by atoms with Crippen LogP contribution >= 0.6 is 0 Å². The number of aryl methyl sites for hydroxylation is 1. The number of benzene rings is 1. The monoisotopic (exact) mass is 445 g/mol. The third-order valence-corrected chi connectivity index (χ3v) is 6.83. The van der Waals surface area contributed by atoms with Crippen LogP contribution in [0.1, 0.15) is 37.0 Å². The van der Waals surface area contributed by atoms with Crippen molar-refractivity contribution in [2.24, 2.45) is 9.98 Å². The summed E-state index contributed by atoms with van der Waals surface area (Å²) in [7, 11) is 0. The van der Waals surface area contributed by atoms with Gasteiger partial charge in [0.15, 0.2) is 5.84 Å². The molecule has 1 aromatic heterocycles. The number of nitrogens with two attached hydrogens (primary N) is 1. The minimum Gasteiger partial charge on any atom is -0.379 e. The van der Waals surface area contributed by atoms with Crippen LogP contribution in [0, 0.1) is 0 Å². The molecule has 1 fully saturated rings. The Bertz CT molecular complexity index is 1090. The van der Waals surface area contributed by atoms with Crippen LogP contribution in [0.3, 0.4) is 0 Å². The second kappa shape index (κ2) is 9.41. The first-order valence-electron chi connectivity index (χ1n) is 11.7. The minimum absolute atomic E-state index is 0.0365. The van der Waals surface area contributed by atoms with Crippen LogP contribution in [0.5, 0.6) is 0 Å². The second-order valence-corrected chi connectivity index (χ2v) is 8.85. The van der Waals surface area contributed by atoms with Crippen LogP contribution in [0.2, 0.25) is 0 Å². The molecule has 1 saturated heterocycles. The molecule has 2 atom stereocenters. The molecule has 0 saturated carbocycles. The molecule has 8 nitrogen and oxygen atoms in total. The lowest BCUT2D eigenvalue weighted by atomic mass is 9.87. The van der Waals surface area contributed by atoms with Crippen molar-refractivity contribution in [3.8, 4) is 0 Å². The molecular weight excluding hydrogens is 414 g/mol. The molecule has 2 aromatic rings. The number of fused-ring (bicyclic) bond motifs is 1. The summed E-state index contributed by atoms with van der Waals surface area (Å²) in [5.74, 6) is 1.19. The summed E-state index contributed by atoms with van der Waals surface area (Å²) in [6, 6.07) is 9.08. The lowest BCUT2D eigenvalue weighted by molar-refractivity contribution is 0.0218. The van der Waals surface area contributed by atoms with Gasteiger partial charge < -0.3 is 15.4 Å². The standard InChI is InChI=1S/C25H31N7O/c1-17(21-14-27-25(26)28-15-21)23-24(30-18(2)31-9-11-33-12-10-31)32(16-29-23)22-8-7-19-5-3-4-6-20(19)13-22/h3-6,14-16,18,22H,7-13H2,1-2H3,(H2,26,27,28)/b23-17-,30-24?. The zero-order chi connectivity index (χ0) is 22.8. The van der Waals surface area contributed by atoms with Crippen molar-refractivity contribution in [2.45, 2.75) is 45.3 Å². The number of rotatable bonds is 4. The van der Waals surface area contributed by atoms with Gasteiger partial charge in [0.1, 0.15) is 11.9 Å². The van der Waals surface area contributed by atoms with E-state index >= 15 is 0 Å². The highest BCUT2D eigenvalue weighted by Crippen LogP contribution is 2.30. The van der Waals surface area contributed by atoms with Gasteiger partial charge in [0.05, 0.1) is 19.6 Å². The van der Waals surface area contributed by atoms with Crippen LogP contribution in [0.15, 0.2) is 52.3 Å². The van der Waals surface area contributed by atoms with E-state index in [2.05, 4.69) is 57.9 Å². The molecule has 172 valence electrons. The first-order valence-corrected chi connectivity index (χ1v) is 11.7. The Hall–Kier alpha value is -3.10. The fourth-order valence-electron chi connectivity index (χ4n) is 4.81. The topological polar surface area (TPSA) is 92.2 Å². The smallest absolute Gasteiger partial charge is 0.219 e.